The molecule has 0 radical (unpaired) electrons. The molecule has 0 N–H and O–H groups in total. The summed E-state index contributed by atoms with van der Waals surface area (Å²) in [4.78, 5) is 17.7. The van der Waals surface area contributed by atoms with E-state index in [2.05, 4.69) is 64.3 Å². The standard InChI is InChI=1S/C18H21N5/c1-5-23-10-9-19-16(23)14-8-6-7-13(11-14)15-20-12-21-17(22-15)18(2,3)4/h6-12H,5H2,1-4H3. The maximum Gasteiger partial charge on any atom is 0.163 e. The highest BCUT2D eigenvalue weighted by Gasteiger charge is 2.18. The van der Waals surface area contributed by atoms with Crippen LogP contribution in [0.5, 0.6) is 0 Å². The summed E-state index contributed by atoms with van der Waals surface area (Å²) in [7, 11) is 0. The molecule has 5 nitrogen and oxygen atoms in total. The average Bonchev–Trinajstić information content (AvgIpc) is 3.03. The first kappa shape index (κ1) is 15.3. The first-order valence-corrected chi connectivity index (χ1v) is 7.80. The molecule has 2 heterocycles. The van der Waals surface area contributed by atoms with Crippen LogP contribution >= 0.6 is 0 Å². The Morgan fingerprint density at radius 3 is 2.57 bits per heavy atom. The highest BCUT2D eigenvalue weighted by molar-refractivity contribution is 5.66. The zero-order valence-electron chi connectivity index (χ0n) is 14.0. The van der Waals surface area contributed by atoms with Crippen LogP contribution in [0.2, 0.25) is 0 Å². The number of hydrogen-bond acceptors (Lipinski definition) is 4. The Morgan fingerprint density at radius 1 is 1.04 bits per heavy atom. The summed E-state index contributed by atoms with van der Waals surface area (Å²) in [6.45, 7) is 9.29. The fourth-order valence-corrected chi connectivity index (χ4v) is 2.42. The molecule has 0 spiro atoms. The van der Waals surface area contributed by atoms with Gasteiger partial charge in [0.2, 0.25) is 0 Å². The van der Waals surface area contributed by atoms with Gasteiger partial charge in [-0.05, 0) is 13.0 Å². The Labute approximate surface area is 136 Å². The highest BCUT2D eigenvalue weighted by Crippen LogP contribution is 2.25. The van der Waals surface area contributed by atoms with Gasteiger partial charge in [-0.1, -0.05) is 39.0 Å². The van der Waals surface area contributed by atoms with Gasteiger partial charge in [-0.25, -0.2) is 19.9 Å². The first-order chi connectivity index (χ1) is 11.0. The molecule has 0 aliphatic rings. The van der Waals surface area contributed by atoms with E-state index in [4.69, 9.17) is 0 Å². The SMILES string of the molecule is CCn1ccnc1-c1cccc(-c2ncnc(C(C)(C)C)n2)c1. The van der Waals surface area contributed by atoms with Crippen molar-refractivity contribution in [3.05, 3.63) is 48.8 Å². The van der Waals surface area contributed by atoms with Gasteiger partial charge < -0.3 is 4.57 Å². The number of rotatable bonds is 3. The van der Waals surface area contributed by atoms with Crippen molar-refractivity contribution in [3.8, 4) is 22.8 Å². The van der Waals surface area contributed by atoms with E-state index in [1.807, 2.05) is 24.5 Å². The normalized spacial score (nSPS) is 11.7. The van der Waals surface area contributed by atoms with Crippen LogP contribution < -0.4 is 0 Å². The smallest absolute Gasteiger partial charge is 0.163 e. The van der Waals surface area contributed by atoms with Crippen molar-refractivity contribution in [3.63, 3.8) is 0 Å². The quantitative estimate of drug-likeness (QED) is 0.740. The summed E-state index contributed by atoms with van der Waals surface area (Å²) in [5.41, 5.74) is 1.93. The van der Waals surface area contributed by atoms with Crippen molar-refractivity contribution in [1.82, 2.24) is 24.5 Å². The molecule has 0 bridgehead atoms. The lowest BCUT2D eigenvalue weighted by Gasteiger charge is -2.16. The van der Waals surface area contributed by atoms with E-state index >= 15 is 0 Å². The lowest BCUT2D eigenvalue weighted by molar-refractivity contribution is 0.542. The summed E-state index contributed by atoms with van der Waals surface area (Å²) in [5, 5.41) is 0. The topological polar surface area (TPSA) is 56.5 Å². The summed E-state index contributed by atoms with van der Waals surface area (Å²) >= 11 is 0. The molecule has 23 heavy (non-hydrogen) atoms. The van der Waals surface area contributed by atoms with Crippen molar-refractivity contribution < 1.29 is 0 Å². The average molecular weight is 307 g/mol. The lowest BCUT2D eigenvalue weighted by atomic mass is 9.96. The lowest BCUT2D eigenvalue weighted by Crippen LogP contribution is -2.16. The molecule has 0 fully saturated rings. The summed E-state index contributed by atoms with van der Waals surface area (Å²) in [6.07, 6.45) is 5.40. The zero-order valence-corrected chi connectivity index (χ0v) is 14.0. The van der Waals surface area contributed by atoms with E-state index in [0.29, 0.717) is 5.82 Å². The third-order valence-electron chi connectivity index (χ3n) is 3.68. The van der Waals surface area contributed by atoms with Gasteiger partial charge in [-0.15, -0.1) is 0 Å². The predicted molar refractivity (Wildman–Crippen MR) is 90.9 cm³/mol. The van der Waals surface area contributed by atoms with Gasteiger partial charge >= 0.3 is 0 Å². The summed E-state index contributed by atoms with van der Waals surface area (Å²) < 4.78 is 2.12. The molecule has 0 atom stereocenters. The van der Waals surface area contributed by atoms with Gasteiger partial charge in [0.05, 0.1) is 0 Å². The molecular weight excluding hydrogens is 286 g/mol. The summed E-state index contributed by atoms with van der Waals surface area (Å²) in [5.74, 6) is 2.45. The van der Waals surface area contributed by atoms with Crippen LogP contribution in [0, 0.1) is 0 Å². The second-order valence-corrected chi connectivity index (χ2v) is 6.50. The maximum atomic E-state index is 4.63. The van der Waals surface area contributed by atoms with Crippen LogP contribution in [0.25, 0.3) is 22.8 Å². The Morgan fingerprint density at radius 2 is 1.83 bits per heavy atom. The van der Waals surface area contributed by atoms with Crippen molar-refractivity contribution in [2.75, 3.05) is 0 Å². The molecule has 118 valence electrons. The largest absolute Gasteiger partial charge is 0.331 e. The van der Waals surface area contributed by atoms with Crippen molar-refractivity contribution >= 4 is 0 Å². The van der Waals surface area contributed by atoms with Crippen LogP contribution in [0.3, 0.4) is 0 Å². The number of imidazole rings is 1. The number of aryl methyl sites for hydroxylation is 1. The van der Waals surface area contributed by atoms with Crippen LogP contribution in [0.1, 0.15) is 33.5 Å². The van der Waals surface area contributed by atoms with E-state index in [1.165, 1.54) is 0 Å². The fraction of sp³-hybridized carbons (Fsp3) is 0.333. The predicted octanol–water partition coefficient (Wildman–Crippen LogP) is 3.72. The number of aromatic nitrogens is 5. The van der Waals surface area contributed by atoms with E-state index in [9.17, 15) is 0 Å². The van der Waals surface area contributed by atoms with Crippen molar-refractivity contribution in [1.29, 1.82) is 0 Å². The molecule has 0 aliphatic carbocycles. The molecule has 0 amide bonds. The van der Waals surface area contributed by atoms with Gasteiger partial charge in [-0.3, -0.25) is 0 Å². The second-order valence-electron chi connectivity index (χ2n) is 6.50. The molecule has 1 aromatic carbocycles. The Balaban J connectivity index is 2.04. The van der Waals surface area contributed by atoms with Crippen molar-refractivity contribution in [2.24, 2.45) is 0 Å². The number of hydrogen-bond donors (Lipinski definition) is 0. The molecule has 0 saturated carbocycles. The minimum Gasteiger partial charge on any atom is -0.331 e. The first-order valence-electron chi connectivity index (χ1n) is 7.80. The molecule has 5 heteroatoms. The third kappa shape index (κ3) is 3.13. The molecule has 0 aliphatic heterocycles. The molecule has 3 rings (SSSR count). The van der Waals surface area contributed by atoms with Crippen LogP contribution in [0.15, 0.2) is 43.0 Å². The maximum absolute atomic E-state index is 4.63. The second kappa shape index (κ2) is 5.91. The van der Waals surface area contributed by atoms with E-state index in [1.54, 1.807) is 6.33 Å². The zero-order chi connectivity index (χ0) is 16.4. The Hall–Kier alpha value is -2.56. The number of benzene rings is 1. The van der Waals surface area contributed by atoms with Crippen molar-refractivity contribution in [2.45, 2.75) is 39.7 Å². The van der Waals surface area contributed by atoms with Crippen LogP contribution in [0.4, 0.5) is 0 Å². The minimum atomic E-state index is -0.103. The number of nitrogens with zero attached hydrogens (tertiary/aromatic N) is 5. The molecular formula is C18H21N5. The van der Waals surface area contributed by atoms with E-state index < -0.39 is 0 Å². The molecule has 3 aromatic rings. The van der Waals surface area contributed by atoms with E-state index in [-0.39, 0.29) is 5.41 Å². The van der Waals surface area contributed by atoms with Crippen LogP contribution in [-0.4, -0.2) is 24.5 Å². The monoisotopic (exact) mass is 307 g/mol. The minimum absolute atomic E-state index is 0.103. The Bertz CT molecular complexity index is 814. The molecule has 0 saturated heterocycles. The van der Waals surface area contributed by atoms with Gasteiger partial charge in [0.25, 0.3) is 0 Å². The highest BCUT2D eigenvalue weighted by atomic mass is 15.1. The molecule has 2 aromatic heterocycles. The summed E-state index contributed by atoms with van der Waals surface area (Å²) in [6, 6.07) is 8.17. The van der Waals surface area contributed by atoms with Gasteiger partial charge in [-0.2, -0.15) is 0 Å². The fourth-order valence-electron chi connectivity index (χ4n) is 2.42. The third-order valence-corrected chi connectivity index (χ3v) is 3.68. The van der Waals surface area contributed by atoms with E-state index in [0.717, 1.165) is 29.3 Å². The molecule has 0 unspecified atom stereocenters. The van der Waals surface area contributed by atoms with Gasteiger partial charge in [0, 0.05) is 35.5 Å². The van der Waals surface area contributed by atoms with Gasteiger partial charge in [0.15, 0.2) is 5.82 Å². The Kier molecular flexibility index (Phi) is 3.94. The van der Waals surface area contributed by atoms with Gasteiger partial charge in [0.1, 0.15) is 18.0 Å². The van der Waals surface area contributed by atoms with Crippen LogP contribution in [-0.2, 0) is 12.0 Å².